The number of benzene rings is 2. The number of imidazole rings is 1. The predicted octanol–water partition coefficient (Wildman–Crippen LogP) is 5.44. The average Bonchev–Trinajstić information content (AvgIpc) is 3.48. The van der Waals surface area contributed by atoms with Gasteiger partial charge in [-0.3, -0.25) is 10.1 Å². The zero-order chi connectivity index (χ0) is 23.2. The Hall–Kier alpha value is -4.59. The van der Waals surface area contributed by atoms with Crippen molar-refractivity contribution in [2.45, 2.75) is 0 Å². The molecule has 0 amide bonds. The third-order valence-electron chi connectivity index (χ3n) is 5.91. The molecule has 34 heavy (non-hydrogen) atoms. The van der Waals surface area contributed by atoms with Crippen LogP contribution in [0.15, 0.2) is 73.2 Å². The summed E-state index contributed by atoms with van der Waals surface area (Å²) >= 11 is 0. The molecule has 6 aromatic rings. The molecule has 0 aliphatic rings. The molecule has 0 aliphatic heterocycles. The van der Waals surface area contributed by atoms with Gasteiger partial charge in [0, 0.05) is 48.6 Å². The van der Waals surface area contributed by atoms with E-state index in [0.717, 1.165) is 27.7 Å². The van der Waals surface area contributed by atoms with Gasteiger partial charge >= 0.3 is 0 Å². The van der Waals surface area contributed by atoms with Crippen LogP contribution in [0.5, 0.6) is 0 Å². The highest BCUT2D eigenvalue weighted by Gasteiger charge is 2.17. The molecule has 2 N–H and O–H groups in total. The van der Waals surface area contributed by atoms with Gasteiger partial charge in [0.15, 0.2) is 11.5 Å². The van der Waals surface area contributed by atoms with E-state index >= 15 is 0 Å². The van der Waals surface area contributed by atoms with E-state index in [0.29, 0.717) is 33.8 Å². The number of H-pyrrole nitrogens is 2. The standard InChI is InChI=1S/C26H20FN7/c1-34(2)17-11-16(13-28-14-17)15-7-8-22-20(12-15)24(33-32-22)26-30-23-19(9-10-29-25(23)31-26)18-5-3-4-6-21(18)27/h3-14H,1-2H3,(H,32,33)(H,29,30,31). The Balaban J connectivity index is 1.49. The van der Waals surface area contributed by atoms with Gasteiger partial charge in [-0.15, -0.1) is 0 Å². The molecule has 0 spiro atoms. The van der Waals surface area contributed by atoms with Crippen LogP contribution in [-0.2, 0) is 0 Å². The Morgan fingerprint density at radius 2 is 1.79 bits per heavy atom. The van der Waals surface area contributed by atoms with Gasteiger partial charge in [0.1, 0.15) is 17.0 Å². The zero-order valence-electron chi connectivity index (χ0n) is 18.5. The number of pyridine rings is 2. The number of fused-ring (bicyclic) bond motifs is 2. The minimum Gasteiger partial charge on any atom is -0.376 e. The Labute approximate surface area is 194 Å². The summed E-state index contributed by atoms with van der Waals surface area (Å²) in [6, 6.07) is 16.6. The number of halogens is 1. The second-order valence-electron chi connectivity index (χ2n) is 8.28. The van der Waals surface area contributed by atoms with Gasteiger partial charge in [-0.05, 0) is 35.9 Å². The van der Waals surface area contributed by atoms with Gasteiger partial charge in [0.2, 0.25) is 0 Å². The lowest BCUT2D eigenvalue weighted by Crippen LogP contribution is -2.08. The Morgan fingerprint density at radius 3 is 2.65 bits per heavy atom. The average molecular weight is 449 g/mol. The van der Waals surface area contributed by atoms with E-state index in [-0.39, 0.29) is 5.82 Å². The van der Waals surface area contributed by atoms with E-state index in [4.69, 9.17) is 4.98 Å². The molecular weight excluding hydrogens is 429 g/mol. The summed E-state index contributed by atoms with van der Waals surface area (Å²) in [5.74, 6) is 0.262. The van der Waals surface area contributed by atoms with Crippen molar-refractivity contribution in [1.29, 1.82) is 0 Å². The van der Waals surface area contributed by atoms with Crippen LogP contribution in [0, 0.1) is 5.82 Å². The molecule has 7 nitrogen and oxygen atoms in total. The Morgan fingerprint density at radius 1 is 0.912 bits per heavy atom. The van der Waals surface area contributed by atoms with E-state index < -0.39 is 0 Å². The van der Waals surface area contributed by atoms with E-state index in [1.54, 1.807) is 30.5 Å². The predicted molar refractivity (Wildman–Crippen MR) is 132 cm³/mol. The first kappa shape index (κ1) is 20.0. The van der Waals surface area contributed by atoms with Crippen LogP contribution in [0.25, 0.3) is 55.8 Å². The number of hydrogen-bond donors (Lipinski definition) is 2. The molecule has 0 atom stereocenters. The monoisotopic (exact) mass is 449 g/mol. The molecule has 2 aromatic carbocycles. The SMILES string of the molecule is CN(C)c1cncc(-c2ccc3[nH]nc(-c4nc5c(-c6ccccc6F)ccnc5[nH]4)c3c2)c1. The van der Waals surface area contributed by atoms with Crippen LogP contribution >= 0.6 is 0 Å². The number of aromatic nitrogens is 6. The number of anilines is 1. The number of rotatable bonds is 4. The minimum atomic E-state index is -0.303. The molecule has 0 bridgehead atoms. The largest absolute Gasteiger partial charge is 0.376 e. The second-order valence-corrected chi connectivity index (χ2v) is 8.28. The highest BCUT2D eigenvalue weighted by atomic mass is 19.1. The molecule has 166 valence electrons. The maximum absolute atomic E-state index is 14.5. The lowest BCUT2D eigenvalue weighted by molar-refractivity contribution is 0.631. The maximum atomic E-state index is 14.5. The van der Waals surface area contributed by atoms with Crippen molar-refractivity contribution in [2.24, 2.45) is 0 Å². The van der Waals surface area contributed by atoms with Crippen molar-refractivity contribution >= 4 is 27.8 Å². The third kappa shape index (κ3) is 3.27. The van der Waals surface area contributed by atoms with Crippen molar-refractivity contribution in [3.8, 4) is 33.8 Å². The van der Waals surface area contributed by atoms with Gasteiger partial charge in [-0.1, -0.05) is 24.3 Å². The van der Waals surface area contributed by atoms with E-state index in [1.807, 2.05) is 43.5 Å². The fraction of sp³-hybridized carbons (Fsp3) is 0.0769. The number of hydrogen-bond acceptors (Lipinski definition) is 5. The van der Waals surface area contributed by atoms with Crippen molar-refractivity contribution < 1.29 is 4.39 Å². The van der Waals surface area contributed by atoms with E-state index in [2.05, 4.69) is 37.3 Å². The quantitative estimate of drug-likeness (QED) is 0.375. The van der Waals surface area contributed by atoms with Crippen molar-refractivity contribution in [3.63, 3.8) is 0 Å². The van der Waals surface area contributed by atoms with Crippen LogP contribution in [0.3, 0.4) is 0 Å². The summed E-state index contributed by atoms with van der Waals surface area (Å²) in [4.78, 5) is 18.8. The Kier molecular flexibility index (Phi) is 4.58. The van der Waals surface area contributed by atoms with Crippen molar-refractivity contribution in [3.05, 3.63) is 79.0 Å². The van der Waals surface area contributed by atoms with E-state index in [9.17, 15) is 4.39 Å². The molecule has 0 saturated carbocycles. The number of nitrogens with zero attached hydrogens (tertiary/aromatic N) is 5. The van der Waals surface area contributed by atoms with E-state index in [1.165, 1.54) is 6.07 Å². The minimum absolute atomic E-state index is 0.303. The lowest BCUT2D eigenvalue weighted by Gasteiger charge is -2.13. The normalized spacial score (nSPS) is 11.4. The molecule has 4 heterocycles. The highest BCUT2D eigenvalue weighted by Crippen LogP contribution is 2.33. The lowest BCUT2D eigenvalue weighted by atomic mass is 10.0. The summed E-state index contributed by atoms with van der Waals surface area (Å²) < 4.78 is 14.5. The van der Waals surface area contributed by atoms with Crippen LogP contribution in [-0.4, -0.2) is 44.2 Å². The van der Waals surface area contributed by atoms with Crippen molar-refractivity contribution in [2.75, 3.05) is 19.0 Å². The van der Waals surface area contributed by atoms with Crippen LogP contribution in [0.2, 0.25) is 0 Å². The summed E-state index contributed by atoms with van der Waals surface area (Å²) in [5, 5.41) is 8.51. The van der Waals surface area contributed by atoms with Crippen molar-refractivity contribution in [1.82, 2.24) is 30.1 Å². The topological polar surface area (TPSA) is 86.4 Å². The number of aromatic amines is 2. The molecule has 0 aliphatic carbocycles. The summed E-state index contributed by atoms with van der Waals surface area (Å²) in [5.41, 5.74) is 6.94. The summed E-state index contributed by atoms with van der Waals surface area (Å²) in [6.07, 6.45) is 5.33. The molecule has 8 heteroatoms. The van der Waals surface area contributed by atoms with Gasteiger partial charge in [0.05, 0.1) is 17.4 Å². The second kappa shape index (κ2) is 7.77. The molecular formula is C26H20FN7. The van der Waals surface area contributed by atoms with Gasteiger partial charge in [-0.25, -0.2) is 14.4 Å². The Bertz CT molecular complexity index is 1670. The fourth-order valence-electron chi connectivity index (χ4n) is 4.12. The molecule has 6 rings (SSSR count). The summed E-state index contributed by atoms with van der Waals surface area (Å²) in [6.45, 7) is 0. The molecule has 0 unspecified atom stereocenters. The fourth-order valence-corrected chi connectivity index (χ4v) is 4.12. The zero-order valence-corrected chi connectivity index (χ0v) is 18.5. The first-order valence-corrected chi connectivity index (χ1v) is 10.8. The van der Waals surface area contributed by atoms with Gasteiger partial charge in [0.25, 0.3) is 0 Å². The number of nitrogens with one attached hydrogen (secondary N) is 2. The van der Waals surface area contributed by atoms with Crippen LogP contribution in [0.4, 0.5) is 10.1 Å². The summed E-state index contributed by atoms with van der Waals surface area (Å²) in [7, 11) is 3.98. The van der Waals surface area contributed by atoms with Crippen LogP contribution in [0.1, 0.15) is 0 Å². The van der Waals surface area contributed by atoms with Gasteiger partial charge < -0.3 is 9.88 Å². The molecule has 0 fully saturated rings. The first-order valence-electron chi connectivity index (χ1n) is 10.8. The third-order valence-corrected chi connectivity index (χ3v) is 5.91. The molecule has 4 aromatic heterocycles. The van der Waals surface area contributed by atoms with Crippen LogP contribution < -0.4 is 4.90 Å². The van der Waals surface area contributed by atoms with Gasteiger partial charge in [-0.2, -0.15) is 5.10 Å². The first-order chi connectivity index (χ1) is 16.6. The molecule has 0 saturated heterocycles. The maximum Gasteiger partial charge on any atom is 0.160 e. The molecule has 0 radical (unpaired) electrons. The highest BCUT2D eigenvalue weighted by molar-refractivity contribution is 5.97. The smallest absolute Gasteiger partial charge is 0.160 e.